The number of benzene rings is 1. The summed E-state index contributed by atoms with van der Waals surface area (Å²) in [5.74, 6) is -1.39. The van der Waals surface area contributed by atoms with Gasteiger partial charge >= 0.3 is 5.97 Å². The maximum absolute atomic E-state index is 10.9. The number of carboxylic acids is 1. The summed E-state index contributed by atoms with van der Waals surface area (Å²) in [6.07, 6.45) is 0.267. The number of rotatable bonds is 4. The standard InChI is InChI=1S/C11H13NO3S/c1-7(13)12-10(11(14)15)6-8-2-4-9(16)5-3-8/h2-5,10,16H,6H2,1H3,(H,12,13)(H,14,15). The summed E-state index contributed by atoms with van der Waals surface area (Å²) >= 11 is 4.13. The highest BCUT2D eigenvalue weighted by Gasteiger charge is 2.18. The van der Waals surface area contributed by atoms with E-state index in [4.69, 9.17) is 5.11 Å². The Morgan fingerprint density at radius 1 is 1.38 bits per heavy atom. The number of hydrogen-bond acceptors (Lipinski definition) is 3. The topological polar surface area (TPSA) is 66.4 Å². The zero-order valence-corrected chi connectivity index (χ0v) is 9.70. The lowest BCUT2D eigenvalue weighted by Gasteiger charge is -2.13. The summed E-state index contributed by atoms with van der Waals surface area (Å²) in [4.78, 5) is 22.5. The Hall–Kier alpha value is -1.49. The molecule has 0 saturated carbocycles. The maximum atomic E-state index is 10.9. The van der Waals surface area contributed by atoms with Crippen LogP contribution in [-0.2, 0) is 16.0 Å². The van der Waals surface area contributed by atoms with Gasteiger partial charge in [0.2, 0.25) is 5.91 Å². The summed E-state index contributed by atoms with van der Waals surface area (Å²) < 4.78 is 0. The Labute approximate surface area is 99.1 Å². The van der Waals surface area contributed by atoms with Gasteiger partial charge in [-0.15, -0.1) is 12.6 Å². The van der Waals surface area contributed by atoms with Crippen molar-refractivity contribution >= 4 is 24.5 Å². The van der Waals surface area contributed by atoms with Crippen molar-refractivity contribution < 1.29 is 14.7 Å². The van der Waals surface area contributed by atoms with Crippen LogP contribution in [0.15, 0.2) is 29.2 Å². The minimum Gasteiger partial charge on any atom is -0.480 e. The van der Waals surface area contributed by atoms with Crippen LogP contribution in [0.25, 0.3) is 0 Å². The maximum Gasteiger partial charge on any atom is 0.326 e. The van der Waals surface area contributed by atoms with E-state index < -0.39 is 12.0 Å². The Bertz CT molecular complexity index is 389. The molecule has 0 aliphatic heterocycles. The third-order valence-electron chi connectivity index (χ3n) is 2.05. The molecule has 1 atom stereocenters. The molecule has 0 fully saturated rings. The molecule has 0 aliphatic rings. The zero-order chi connectivity index (χ0) is 12.1. The van der Waals surface area contributed by atoms with Gasteiger partial charge in [-0.05, 0) is 17.7 Å². The molecule has 0 radical (unpaired) electrons. The predicted molar refractivity (Wildman–Crippen MR) is 62.6 cm³/mol. The molecule has 0 bridgehead atoms. The van der Waals surface area contributed by atoms with Gasteiger partial charge in [0, 0.05) is 18.2 Å². The highest BCUT2D eigenvalue weighted by Crippen LogP contribution is 2.09. The van der Waals surface area contributed by atoms with E-state index in [1.54, 1.807) is 24.3 Å². The number of aliphatic carboxylic acids is 1. The first kappa shape index (κ1) is 12.6. The Morgan fingerprint density at radius 3 is 2.38 bits per heavy atom. The van der Waals surface area contributed by atoms with Crippen LogP contribution in [0.3, 0.4) is 0 Å². The van der Waals surface area contributed by atoms with E-state index in [1.165, 1.54) is 6.92 Å². The van der Waals surface area contributed by atoms with Crippen LogP contribution in [0, 0.1) is 0 Å². The lowest BCUT2D eigenvalue weighted by Crippen LogP contribution is -2.41. The number of carboxylic acid groups (broad SMARTS) is 1. The summed E-state index contributed by atoms with van der Waals surface area (Å²) in [6.45, 7) is 1.30. The first-order valence-electron chi connectivity index (χ1n) is 4.77. The number of carbonyl (C=O) groups is 2. The lowest BCUT2D eigenvalue weighted by atomic mass is 10.1. The second-order valence-electron chi connectivity index (χ2n) is 3.46. The first-order chi connectivity index (χ1) is 7.49. The molecule has 1 rings (SSSR count). The van der Waals surface area contributed by atoms with E-state index in [-0.39, 0.29) is 12.3 Å². The normalized spacial score (nSPS) is 11.9. The molecule has 2 N–H and O–H groups in total. The molecule has 16 heavy (non-hydrogen) atoms. The molecule has 0 saturated heterocycles. The van der Waals surface area contributed by atoms with Crippen LogP contribution in [0.4, 0.5) is 0 Å². The molecule has 1 amide bonds. The van der Waals surface area contributed by atoms with Crippen molar-refractivity contribution in [2.75, 3.05) is 0 Å². The largest absolute Gasteiger partial charge is 0.480 e. The molecule has 5 heteroatoms. The highest BCUT2D eigenvalue weighted by atomic mass is 32.1. The van der Waals surface area contributed by atoms with Crippen molar-refractivity contribution in [1.82, 2.24) is 5.32 Å². The van der Waals surface area contributed by atoms with Crippen molar-refractivity contribution in [3.05, 3.63) is 29.8 Å². The first-order valence-corrected chi connectivity index (χ1v) is 5.21. The van der Waals surface area contributed by atoms with Crippen LogP contribution in [-0.4, -0.2) is 23.0 Å². The third-order valence-corrected chi connectivity index (χ3v) is 2.35. The van der Waals surface area contributed by atoms with Gasteiger partial charge in [0.25, 0.3) is 0 Å². The van der Waals surface area contributed by atoms with Gasteiger partial charge in [-0.2, -0.15) is 0 Å². The SMILES string of the molecule is CC(=O)NC(Cc1ccc(S)cc1)C(=O)O. The number of thiol groups is 1. The van der Waals surface area contributed by atoms with Crippen LogP contribution in [0.2, 0.25) is 0 Å². The van der Waals surface area contributed by atoms with E-state index in [1.807, 2.05) is 0 Å². The fraction of sp³-hybridized carbons (Fsp3) is 0.273. The van der Waals surface area contributed by atoms with Gasteiger partial charge in [0.15, 0.2) is 0 Å². The number of carbonyl (C=O) groups excluding carboxylic acids is 1. The molecule has 0 aliphatic carbocycles. The second-order valence-corrected chi connectivity index (χ2v) is 3.98. The number of hydrogen-bond donors (Lipinski definition) is 3. The van der Waals surface area contributed by atoms with Gasteiger partial charge < -0.3 is 10.4 Å². The van der Waals surface area contributed by atoms with Crippen molar-refractivity contribution in [3.63, 3.8) is 0 Å². The Morgan fingerprint density at radius 2 is 1.94 bits per heavy atom. The van der Waals surface area contributed by atoms with Crippen molar-refractivity contribution in [3.8, 4) is 0 Å². The average Bonchev–Trinajstić information content (AvgIpc) is 2.19. The third kappa shape index (κ3) is 3.94. The summed E-state index contributed by atoms with van der Waals surface area (Å²) in [5, 5.41) is 11.3. The summed E-state index contributed by atoms with van der Waals surface area (Å²) in [6, 6.07) is 6.26. The molecule has 0 spiro atoms. The quantitative estimate of drug-likeness (QED) is 0.689. The number of nitrogens with one attached hydrogen (secondary N) is 1. The van der Waals surface area contributed by atoms with E-state index in [9.17, 15) is 9.59 Å². The lowest BCUT2D eigenvalue weighted by molar-refractivity contribution is -0.141. The van der Waals surface area contributed by atoms with Gasteiger partial charge in [-0.25, -0.2) is 4.79 Å². The minimum atomic E-state index is -1.04. The van der Waals surface area contributed by atoms with Crippen LogP contribution in [0.1, 0.15) is 12.5 Å². The van der Waals surface area contributed by atoms with E-state index >= 15 is 0 Å². The Balaban J connectivity index is 2.71. The number of amides is 1. The van der Waals surface area contributed by atoms with Gasteiger partial charge in [0.05, 0.1) is 0 Å². The monoisotopic (exact) mass is 239 g/mol. The van der Waals surface area contributed by atoms with Gasteiger partial charge in [-0.1, -0.05) is 12.1 Å². The average molecular weight is 239 g/mol. The molecule has 0 heterocycles. The van der Waals surface area contributed by atoms with E-state index in [0.29, 0.717) is 0 Å². The van der Waals surface area contributed by atoms with Crippen LogP contribution >= 0.6 is 12.6 Å². The molecule has 1 unspecified atom stereocenters. The zero-order valence-electron chi connectivity index (χ0n) is 8.80. The smallest absolute Gasteiger partial charge is 0.326 e. The predicted octanol–water partition coefficient (Wildman–Crippen LogP) is 1.11. The Kier molecular flexibility index (Phi) is 4.37. The van der Waals surface area contributed by atoms with E-state index in [2.05, 4.69) is 17.9 Å². The molecule has 4 nitrogen and oxygen atoms in total. The molecule has 0 aromatic heterocycles. The van der Waals surface area contributed by atoms with Crippen LogP contribution < -0.4 is 5.32 Å². The summed E-state index contributed by atoms with van der Waals surface area (Å²) in [7, 11) is 0. The fourth-order valence-corrected chi connectivity index (χ4v) is 1.46. The summed E-state index contributed by atoms with van der Waals surface area (Å²) in [5.41, 5.74) is 0.846. The van der Waals surface area contributed by atoms with Crippen molar-refractivity contribution in [2.45, 2.75) is 24.3 Å². The van der Waals surface area contributed by atoms with Crippen LogP contribution in [0.5, 0.6) is 0 Å². The molecular formula is C11H13NO3S. The van der Waals surface area contributed by atoms with Crippen molar-refractivity contribution in [1.29, 1.82) is 0 Å². The second kappa shape index (κ2) is 5.55. The molecular weight excluding hydrogens is 226 g/mol. The van der Waals surface area contributed by atoms with Gasteiger partial charge in [0.1, 0.15) is 6.04 Å². The van der Waals surface area contributed by atoms with E-state index in [0.717, 1.165) is 10.5 Å². The molecule has 1 aromatic carbocycles. The van der Waals surface area contributed by atoms with Crippen molar-refractivity contribution in [2.24, 2.45) is 0 Å². The minimum absolute atomic E-state index is 0.267. The molecule has 86 valence electrons. The fourth-order valence-electron chi connectivity index (χ4n) is 1.31. The highest BCUT2D eigenvalue weighted by molar-refractivity contribution is 7.80. The van der Waals surface area contributed by atoms with Gasteiger partial charge in [-0.3, -0.25) is 4.79 Å². The molecule has 1 aromatic rings.